The van der Waals surface area contributed by atoms with Crippen molar-refractivity contribution in [3.05, 3.63) is 77.6 Å². The highest BCUT2D eigenvalue weighted by molar-refractivity contribution is 5.91. The SMILES string of the molecule is Cc1cc(/C=N\NC(=O)CCc2cn(C)c3ccccc23)cc2cccnc12. The van der Waals surface area contributed by atoms with Gasteiger partial charge in [-0.05, 0) is 54.3 Å². The first-order chi connectivity index (χ1) is 13.6. The first kappa shape index (κ1) is 17.9. The Bertz CT molecular complexity index is 1190. The van der Waals surface area contributed by atoms with Crippen LogP contribution in [0, 0.1) is 6.92 Å². The zero-order valence-electron chi connectivity index (χ0n) is 16.0. The number of nitrogens with zero attached hydrogens (tertiary/aromatic N) is 3. The third kappa shape index (κ3) is 3.64. The van der Waals surface area contributed by atoms with E-state index in [-0.39, 0.29) is 5.91 Å². The van der Waals surface area contributed by atoms with Gasteiger partial charge in [0.1, 0.15) is 0 Å². The van der Waals surface area contributed by atoms with Crippen molar-refractivity contribution >= 4 is 33.9 Å². The lowest BCUT2D eigenvalue weighted by molar-refractivity contribution is -0.121. The van der Waals surface area contributed by atoms with Gasteiger partial charge in [0, 0.05) is 42.2 Å². The van der Waals surface area contributed by atoms with Crippen molar-refractivity contribution in [1.29, 1.82) is 0 Å². The van der Waals surface area contributed by atoms with Crippen LogP contribution in [0.5, 0.6) is 0 Å². The summed E-state index contributed by atoms with van der Waals surface area (Å²) in [6.45, 7) is 2.02. The lowest BCUT2D eigenvalue weighted by atomic mass is 10.1. The maximum Gasteiger partial charge on any atom is 0.240 e. The standard InChI is InChI=1S/C23H22N4O/c1-16-12-17(13-18-6-5-11-24-23(16)18)14-25-26-22(28)10-9-19-15-27(2)21-8-4-3-7-20(19)21/h3-8,11-15H,9-10H2,1-2H3,(H,26,28)/b25-14-. The number of para-hydroxylation sites is 1. The van der Waals surface area contributed by atoms with Gasteiger partial charge in [0.15, 0.2) is 0 Å². The summed E-state index contributed by atoms with van der Waals surface area (Å²) < 4.78 is 2.09. The van der Waals surface area contributed by atoms with Crippen molar-refractivity contribution < 1.29 is 4.79 Å². The average molecular weight is 370 g/mol. The number of rotatable bonds is 5. The molecule has 4 rings (SSSR count). The number of amides is 1. The number of carbonyl (C=O) groups is 1. The molecule has 2 aromatic carbocycles. The van der Waals surface area contributed by atoms with Crippen molar-refractivity contribution in [2.45, 2.75) is 19.8 Å². The minimum Gasteiger partial charge on any atom is -0.350 e. The van der Waals surface area contributed by atoms with E-state index in [1.54, 1.807) is 12.4 Å². The molecule has 0 saturated carbocycles. The van der Waals surface area contributed by atoms with Crippen LogP contribution in [-0.4, -0.2) is 21.7 Å². The first-order valence-electron chi connectivity index (χ1n) is 9.32. The largest absolute Gasteiger partial charge is 0.350 e. The second-order valence-electron chi connectivity index (χ2n) is 6.99. The smallest absolute Gasteiger partial charge is 0.240 e. The van der Waals surface area contributed by atoms with Crippen LogP contribution in [0.1, 0.15) is 23.1 Å². The predicted molar refractivity (Wildman–Crippen MR) is 113 cm³/mol. The molecule has 1 N–H and O–H groups in total. The van der Waals surface area contributed by atoms with E-state index in [0.717, 1.165) is 22.0 Å². The Morgan fingerprint density at radius 3 is 2.96 bits per heavy atom. The zero-order valence-corrected chi connectivity index (χ0v) is 16.0. The van der Waals surface area contributed by atoms with Gasteiger partial charge < -0.3 is 4.57 Å². The maximum absolute atomic E-state index is 12.2. The number of aromatic nitrogens is 2. The molecule has 2 heterocycles. The Morgan fingerprint density at radius 2 is 2.07 bits per heavy atom. The molecule has 5 heteroatoms. The van der Waals surface area contributed by atoms with Crippen LogP contribution in [0.2, 0.25) is 0 Å². The van der Waals surface area contributed by atoms with Crippen LogP contribution in [0.25, 0.3) is 21.8 Å². The summed E-state index contributed by atoms with van der Waals surface area (Å²) in [5, 5.41) is 6.38. The second kappa shape index (κ2) is 7.64. The predicted octanol–water partition coefficient (Wildman–Crippen LogP) is 4.12. The first-order valence-corrected chi connectivity index (χ1v) is 9.32. The zero-order chi connectivity index (χ0) is 19.5. The summed E-state index contributed by atoms with van der Waals surface area (Å²) in [6.07, 6.45) is 6.64. The Kier molecular flexibility index (Phi) is 4.89. The van der Waals surface area contributed by atoms with Gasteiger partial charge in [0.2, 0.25) is 5.91 Å². The molecular formula is C23H22N4O. The fourth-order valence-corrected chi connectivity index (χ4v) is 3.59. The van der Waals surface area contributed by atoms with Crippen LogP contribution in [0.4, 0.5) is 0 Å². The molecule has 5 nitrogen and oxygen atoms in total. The number of benzene rings is 2. The number of hydrogen-bond acceptors (Lipinski definition) is 3. The van der Waals surface area contributed by atoms with Gasteiger partial charge in [-0.1, -0.05) is 24.3 Å². The number of nitrogens with one attached hydrogen (secondary N) is 1. The molecule has 2 aromatic heterocycles. The number of hydrogen-bond donors (Lipinski definition) is 1. The second-order valence-corrected chi connectivity index (χ2v) is 6.99. The number of fused-ring (bicyclic) bond motifs is 2. The van der Waals surface area contributed by atoms with E-state index in [4.69, 9.17) is 0 Å². The molecule has 0 radical (unpaired) electrons. The Labute approximate surface area is 163 Å². The fraction of sp³-hybridized carbons (Fsp3) is 0.174. The van der Waals surface area contributed by atoms with Gasteiger partial charge >= 0.3 is 0 Å². The molecule has 28 heavy (non-hydrogen) atoms. The highest BCUT2D eigenvalue weighted by atomic mass is 16.2. The van der Waals surface area contributed by atoms with Gasteiger partial charge in [-0.2, -0.15) is 5.10 Å². The lowest BCUT2D eigenvalue weighted by Crippen LogP contribution is -2.17. The summed E-state index contributed by atoms with van der Waals surface area (Å²) in [5.41, 5.74) is 7.99. The molecular weight excluding hydrogens is 348 g/mol. The third-order valence-corrected chi connectivity index (χ3v) is 4.92. The Hall–Kier alpha value is -3.47. The summed E-state index contributed by atoms with van der Waals surface area (Å²) >= 11 is 0. The van der Waals surface area contributed by atoms with Gasteiger partial charge in [-0.3, -0.25) is 9.78 Å². The fourth-order valence-electron chi connectivity index (χ4n) is 3.59. The van der Waals surface area contributed by atoms with Crippen LogP contribution in [0.15, 0.2) is 66.0 Å². The number of hydrazone groups is 1. The van der Waals surface area contributed by atoms with Crippen molar-refractivity contribution in [2.24, 2.45) is 12.1 Å². The maximum atomic E-state index is 12.2. The van der Waals surface area contributed by atoms with Crippen molar-refractivity contribution in [1.82, 2.24) is 15.0 Å². The summed E-state index contributed by atoms with van der Waals surface area (Å²) in [6, 6.07) is 16.2. The average Bonchev–Trinajstić information content (AvgIpc) is 3.03. The molecule has 0 atom stereocenters. The van der Waals surface area contributed by atoms with E-state index in [1.807, 2.05) is 50.4 Å². The summed E-state index contributed by atoms with van der Waals surface area (Å²) in [4.78, 5) is 16.6. The van der Waals surface area contributed by atoms with Crippen LogP contribution in [-0.2, 0) is 18.3 Å². The van der Waals surface area contributed by atoms with E-state index < -0.39 is 0 Å². The van der Waals surface area contributed by atoms with E-state index in [2.05, 4.69) is 38.4 Å². The third-order valence-electron chi connectivity index (χ3n) is 4.92. The van der Waals surface area contributed by atoms with Crippen LogP contribution in [0.3, 0.4) is 0 Å². The quantitative estimate of drug-likeness (QED) is 0.424. The van der Waals surface area contributed by atoms with Gasteiger partial charge in [-0.15, -0.1) is 0 Å². The minimum absolute atomic E-state index is 0.0941. The van der Waals surface area contributed by atoms with E-state index >= 15 is 0 Å². The van der Waals surface area contributed by atoms with Crippen molar-refractivity contribution in [3.8, 4) is 0 Å². The van der Waals surface area contributed by atoms with Crippen molar-refractivity contribution in [3.63, 3.8) is 0 Å². The van der Waals surface area contributed by atoms with E-state index in [9.17, 15) is 4.79 Å². The molecule has 1 amide bonds. The van der Waals surface area contributed by atoms with Crippen molar-refractivity contribution in [2.75, 3.05) is 0 Å². The molecule has 0 aliphatic carbocycles. The normalized spacial score (nSPS) is 11.5. The minimum atomic E-state index is -0.0941. The molecule has 0 unspecified atom stereocenters. The summed E-state index contributed by atoms with van der Waals surface area (Å²) in [5.74, 6) is -0.0941. The summed E-state index contributed by atoms with van der Waals surface area (Å²) in [7, 11) is 2.03. The van der Waals surface area contributed by atoms with Gasteiger partial charge in [-0.25, -0.2) is 5.43 Å². The topological polar surface area (TPSA) is 59.3 Å². The lowest BCUT2D eigenvalue weighted by Gasteiger charge is -2.03. The Balaban J connectivity index is 1.39. The van der Waals surface area contributed by atoms with Crippen LogP contribution < -0.4 is 5.43 Å². The Morgan fingerprint density at radius 1 is 1.21 bits per heavy atom. The molecule has 0 spiro atoms. The molecule has 0 bridgehead atoms. The highest BCUT2D eigenvalue weighted by Gasteiger charge is 2.08. The van der Waals surface area contributed by atoms with Gasteiger partial charge in [0.05, 0.1) is 11.7 Å². The molecule has 140 valence electrons. The highest BCUT2D eigenvalue weighted by Crippen LogP contribution is 2.21. The van der Waals surface area contributed by atoms with Crippen LogP contribution >= 0.6 is 0 Å². The number of aryl methyl sites for hydroxylation is 3. The number of carbonyl (C=O) groups excluding carboxylic acids is 1. The van der Waals surface area contributed by atoms with Gasteiger partial charge in [0.25, 0.3) is 0 Å². The molecule has 0 aliphatic rings. The molecule has 0 fully saturated rings. The number of pyridine rings is 1. The molecule has 4 aromatic rings. The van der Waals surface area contributed by atoms with E-state index in [0.29, 0.717) is 12.8 Å². The molecule has 0 aliphatic heterocycles. The monoisotopic (exact) mass is 370 g/mol. The molecule has 0 saturated heterocycles. The van der Waals surface area contributed by atoms with E-state index in [1.165, 1.54) is 16.5 Å².